The third-order valence-electron chi connectivity index (χ3n) is 7.19. The maximum absolute atomic E-state index is 4.78. The van der Waals surface area contributed by atoms with Gasteiger partial charge in [0, 0.05) is 29.7 Å². The van der Waals surface area contributed by atoms with Crippen LogP contribution in [0.1, 0.15) is 25.0 Å². The molecule has 6 heteroatoms. The minimum Gasteiger partial charge on any atom is -0.370 e. The highest BCUT2D eigenvalue weighted by Gasteiger charge is 2.39. The van der Waals surface area contributed by atoms with Crippen molar-refractivity contribution in [2.75, 3.05) is 31.1 Å². The smallest absolute Gasteiger partial charge is 0.0977 e. The summed E-state index contributed by atoms with van der Waals surface area (Å²) in [6, 6.07) is 14.8. The molecule has 6 rings (SSSR count). The summed E-state index contributed by atoms with van der Waals surface area (Å²) in [6.07, 6.45) is 7.63. The number of nitrogens with one attached hydrogen (secondary N) is 2. The van der Waals surface area contributed by atoms with Crippen molar-refractivity contribution in [1.82, 2.24) is 25.3 Å². The van der Waals surface area contributed by atoms with Crippen molar-refractivity contribution in [2.24, 2.45) is 5.41 Å². The van der Waals surface area contributed by atoms with Gasteiger partial charge in [-0.05, 0) is 75.0 Å². The van der Waals surface area contributed by atoms with Crippen LogP contribution in [-0.2, 0) is 0 Å². The topological polar surface area (TPSA) is 69.7 Å². The maximum Gasteiger partial charge on any atom is 0.0977 e. The number of benzene rings is 1. The second-order valence-corrected chi connectivity index (χ2v) is 9.31. The van der Waals surface area contributed by atoms with Crippen molar-refractivity contribution in [3.63, 3.8) is 0 Å². The maximum atomic E-state index is 4.78. The molecule has 1 aromatic carbocycles. The zero-order valence-corrected chi connectivity index (χ0v) is 18.4. The van der Waals surface area contributed by atoms with E-state index in [2.05, 4.69) is 49.4 Å². The van der Waals surface area contributed by atoms with Crippen molar-refractivity contribution in [3.05, 3.63) is 60.7 Å². The molecule has 2 fully saturated rings. The minimum absolute atomic E-state index is 0.479. The predicted octanol–water partition coefficient (Wildman–Crippen LogP) is 4.58. The molecule has 0 atom stereocenters. The molecule has 5 heterocycles. The molecule has 32 heavy (non-hydrogen) atoms. The van der Waals surface area contributed by atoms with Gasteiger partial charge in [0.2, 0.25) is 0 Å². The van der Waals surface area contributed by atoms with Crippen LogP contribution in [0.15, 0.2) is 55.0 Å². The van der Waals surface area contributed by atoms with E-state index in [0.29, 0.717) is 5.41 Å². The molecule has 2 aliphatic rings. The van der Waals surface area contributed by atoms with Crippen LogP contribution in [0.4, 0.5) is 5.69 Å². The van der Waals surface area contributed by atoms with Gasteiger partial charge in [0.1, 0.15) is 0 Å². The normalized spacial score (nSPS) is 18.0. The minimum atomic E-state index is 0.479. The van der Waals surface area contributed by atoms with Crippen molar-refractivity contribution >= 4 is 16.6 Å². The summed E-state index contributed by atoms with van der Waals surface area (Å²) in [7, 11) is 0. The Bertz CT molecular complexity index is 1270. The summed E-state index contributed by atoms with van der Waals surface area (Å²) in [5.41, 5.74) is 7.57. The number of nitrogens with zero attached hydrogens (tertiary/aromatic N) is 4. The summed E-state index contributed by atoms with van der Waals surface area (Å²) in [5.74, 6) is 0. The highest BCUT2D eigenvalue weighted by atomic mass is 15.2. The van der Waals surface area contributed by atoms with E-state index in [-0.39, 0.29) is 0 Å². The van der Waals surface area contributed by atoms with Gasteiger partial charge in [-0.15, -0.1) is 0 Å². The monoisotopic (exact) mass is 424 g/mol. The number of rotatable bonds is 3. The molecule has 0 amide bonds. The van der Waals surface area contributed by atoms with E-state index in [0.717, 1.165) is 65.4 Å². The summed E-state index contributed by atoms with van der Waals surface area (Å²) in [5, 5.41) is 4.66. The van der Waals surface area contributed by atoms with Gasteiger partial charge in [0.05, 0.1) is 40.8 Å². The van der Waals surface area contributed by atoms with E-state index < -0.39 is 0 Å². The summed E-state index contributed by atoms with van der Waals surface area (Å²) < 4.78 is 0. The number of fused-ring (bicyclic) bond motifs is 1. The average molecular weight is 425 g/mol. The molecular formula is C26H28N6. The van der Waals surface area contributed by atoms with Gasteiger partial charge in [0.25, 0.3) is 0 Å². The number of hydrogen-bond donors (Lipinski definition) is 2. The van der Waals surface area contributed by atoms with Crippen molar-refractivity contribution < 1.29 is 0 Å². The van der Waals surface area contributed by atoms with Gasteiger partial charge in [-0.3, -0.25) is 9.97 Å². The van der Waals surface area contributed by atoms with Crippen LogP contribution in [0, 0.1) is 12.3 Å². The lowest BCUT2D eigenvalue weighted by Crippen LogP contribution is -2.38. The highest BCUT2D eigenvalue weighted by Crippen LogP contribution is 2.40. The predicted molar refractivity (Wildman–Crippen MR) is 129 cm³/mol. The van der Waals surface area contributed by atoms with E-state index >= 15 is 0 Å². The van der Waals surface area contributed by atoms with Crippen molar-refractivity contribution in [3.8, 4) is 22.6 Å². The molecule has 2 N–H and O–H groups in total. The fourth-order valence-electron chi connectivity index (χ4n) is 5.35. The lowest BCUT2D eigenvalue weighted by molar-refractivity contribution is 0.232. The van der Waals surface area contributed by atoms with Gasteiger partial charge in [-0.2, -0.15) is 0 Å². The molecule has 0 unspecified atom stereocenters. The molecule has 0 aliphatic carbocycles. The number of hydrogen-bond acceptors (Lipinski definition) is 5. The van der Waals surface area contributed by atoms with E-state index in [1.165, 1.54) is 24.9 Å². The molecule has 3 aromatic heterocycles. The van der Waals surface area contributed by atoms with Gasteiger partial charge >= 0.3 is 0 Å². The van der Waals surface area contributed by atoms with Crippen molar-refractivity contribution in [1.29, 1.82) is 0 Å². The second-order valence-electron chi connectivity index (χ2n) is 9.31. The fourth-order valence-corrected chi connectivity index (χ4v) is 5.35. The molecule has 0 saturated carbocycles. The Balaban J connectivity index is 1.33. The summed E-state index contributed by atoms with van der Waals surface area (Å²) >= 11 is 0. The number of H-pyrrole nitrogens is 1. The van der Waals surface area contributed by atoms with Crippen molar-refractivity contribution in [2.45, 2.75) is 26.2 Å². The first-order valence-corrected chi connectivity index (χ1v) is 11.5. The van der Waals surface area contributed by atoms with E-state index in [9.17, 15) is 0 Å². The standard InChI is InChI=1S/C26H28N6/c1-18-3-2-4-23(31-18)25-24(29-17-30-25)19-5-6-22-20(13-19)14-21(15-28-22)32-12-9-26(16-32)7-10-27-11-8-26/h2-6,13-15,17,27H,7-12,16H2,1H3,(H,29,30). The third-order valence-corrected chi connectivity index (χ3v) is 7.19. The Morgan fingerprint density at radius 1 is 1.00 bits per heavy atom. The Kier molecular flexibility index (Phi) is 4.68. The zero-order valence-electron chi connectivity index (χ0n) is 18.4. The number of imidazole rings is 1. The number of aromatic nitrogens is 4. The molecule has 1 spiro atoms. The zero-order chi connectivity index (χ0) is 21.5. The highest BCUT2D eigenvalue weighted by molar-refractivity contribution is 5.88. The molecule has 162 valence electrons. The quantitative estimate of drug-likeness (QED) is 0.504. The van der Waals surface area contributed by atoms with Crippen LogP contribution in [0.3, 0.4) is 0 Å². The molecule has 2 saturated heterocycles. The van der Waals surface area contributed by atoms with Crippen LogP contribution < -0.4 is 10.2 Å². The summed E-state index contributed by atoms with van der Waals surface area (Å²) in [6.45, 7) is 6.57. The Morgan fingerprint density at radius 3 is 2.78 bits per heavy atom. The lowest BCUT2D eigenvalue weighted by atomic mass is 9.78. The molecule has 4 aromatic rings. The van der Waals surface area contributed by atoms with Gasteiger partial charge in [-0.1, -0.05) is 12.1 Å². The molecule has 2 aliphatic heterocycles. The van der Waals surface area contributed by atoms with Gasteiger partial charge < -0.3 is 15.2 Å². The van der Waals surface area contributed by atoms with E-state index in [4.69, 9.17) is 4.98 Å². The number of aromatic amines is 1. The first kappa shape index (κ1) is 19.4. The third kappa shape index (κ3) is 3.45. The number of aryl methyl sites for hydroxylation is 1. The van der Waals surface area contributed by atoms with E-state index in [1.807, 2.05) is 31.3 Å². The van der Waals surface area contributed by atoms with Gasteiger partial charge in [-0.25, -0.2) is 4.98 Å². The molecule has 6 nitrogen and oxygen atoms in total. The first-order valence-electron chi connectivity index (χ1n) is 11.5. The lowest BCUT2D eigenvalue weighted by Gasteiger charge is -2.34. The van der Waals surface area contributed by atoms with Crippen LogP contribution in [0.5, 0.6) is 0 Å². The van der Waals surface area contributed by atoms with Crippen LogP contribution in [0.2, 0.25) is 0 Å². The molecule has 0 radical (unpaired) electrons. The molecular weight excluding hydrogens is 396 g/mol. The number of anilines is 1. The molecule has 0 bridgehead atoms. The Hall–Kier alpha value is -3.25. The van der Waals surface area contributed by atoms with E-state index in [1.54, 1.807) is 6.33 Å². The van der Waals surface area contributed by atoms with Crippen LogP contribution in [-0.4, -0.2) is 46.1 Å². The summed E-state index contributed by atoms with van der Waals surface area (Å²) in [4.78, 5) is 19.9. The Morgan fingerprint density at radius 2 is 1.91 bits per heavy atom. The number of piperidine rings is 1. The average Bonchev–Trinajstić information content (AvgIpc) is 3.47. The number of pyridine rings is 2. The second kappa shape index (κ2) is 7.71. The Labute approximate surface area is 188 Å². The van der Waals surface area contributed by atoms with Gasteiger partial charge in [0.15, 0.2) is 0 Å². The fraction of sp³-hybridized carbons (Fsp3) is 0.346. The van der Waals surface area contributed by atoms with Crippen LogP contribution >= 0.6 is 0 Å². The van der Waals surface area contributed by atoms with Crippen LogP contribution in [0.25, 0.3) is 33.5 Å². The SMILES string of the molecule is Cc1cccc(-c2[nH]cnc2-c2ccc3ncc(N4CCC5(CCNCC5)C4)cc3c2)n1. The first-order chi connectivity index (χ1) is 15.7. The largest absolute Gasteiger partial charge is 0.370 e.